The summed E-state index contributed by atoms with van der Waals surface area (Å²) in [5.74, 6) is -2.74. The van der Waals surface area contributed by atoms with Crippen LogP contribution in [0.25, 0.3) is 0 Å². The van der Waals surface area contributed by atoms with Crippen LogP contribution in [0, 0.1) is 10.8 Å². The predicted octanol–water partition coefficient (Wildman–Crippen LogP) is 0.969. The van der Waals surface area contributed by atoms with E-state index in [1.54, 1.807) is 34.6 Å². The van der Waals surface area contributed by atoms with E-state index in [-0.39, 0.29) is 30.4 Å². The monoisotopic (exact) mass is 558 g/mol. The Kier molecular flexibility index (Phi) is 12.0. The summed E-state index contributed by atoms with van der Waals surface area (Å²) in [5.41, 5.74) is -1.56. The second-order valence-electron chi connectivity index (χ2n) is 9.49. The third-order valence-corrected chi connectivity index (χ3v) is 7.61. The van der Waals surface area contributed by atoms with E-state index in [1.807, 2.05) is 0 Å². The summed E-state index contributed by atoms with van der Waals surface area (Å²) in [7, 11) is -3.20. The van der Waals surface area contributed by atoms with Gasteiger partial charge >= 0.3 is 213 Å². The number of rotatable bonds is 11. The van der Waals surface area contributed by atoms with E-state index >= 15 is 0 Å². The van der Waals surface area contributed by atoms with Crippen LogP contribution in [0.15, 0.2) is 0 Å². The Morgan fingerprint density at radius 3 is 2.42 bits per heavy atom. The first kappa shape index (κ1) is 32.0. The molecule has 2 atom stereocenters. The first-order valence-corrected chi connectivity index (χ1v) is 13.5. The van der Waals surface area contributed by atoms with Crippen molar-refractivity contribution in [3.8, 4) is 0 Å². The van der Waals surface area contributed by atoms with Gasteiger partial charge in [-0.1, -0.05) is 0 Å². The molecule has 1 heterocycles. The maximum atomic E-state index is 12.5. The molecule has 0 aliphatic carbocycles. The standard InChI is InChI=1S/C20H35N2O12PS/c1-19(2,3)17(27)36-9-12(16(25)26)22-18(28)31-11-33-35(29)32-10-20(4,5)14(34-35)15(24)21-8-7-13(23)30-6/h12,14,29,35H,7-11H2,1-6H3,(H,21,24)(H,22,28)(H,25,26)/t12-,14-/m0/s1. The van der Waals surface area contributed by atoms with Crippen LogP contribution in [0.1, 0.15) is 41.0 Å². The summed E-state index contributed by atoms with van der Waals surface area (Å²) < 4.78 is 25.0. The molecule has 4 N–H and O–H groups in total. The fourth-order valence-corrected chi connectivity index (χ4v) is 5.24. The van der Waals surface area contributed by atoms with Gasteiger partial charge in [-0.3, -0.25) is 0 Å². The Balaban J connectivity index is 2.60. The van der Waals surface area contributed by atoms with Crippen LogP contribution in [0.3, 0.4) is 0 Å². The molecule has 0 bridgehead atoms. The van der Waals surface area contributed by atoms with Gasteiger partial charge in [-0.15, -0.1) is 0 Å². The summed E-state index contributed by atoms with van der Waals surface area (Å²) in [5, 5.41) is 13.6. The number of methoxy groups -OCH3 is 1. The van der Waals surface area contributed by atoms with Crippen LogP contribution >= 0.6 is 19.9 Å². The third kappa shape index (κ3) is 10.5. The zero-order chi connectivity index (χ0) is 27.7. The topological polar surface area (TPSA) is 196 Å². The van der Waals surface area contributed by atoms with Gasteiger partial charge in [0.15, 0.2) is 0 Å². The van der Waals surface area contributed by atoms with Crippen molar-refractivity contribution < 1.29 is 57.0 Å². The quantitative estimate of drug-likeness (QED) is 0.159. The molecule has 0 aromatic heterocycles. The summed E-state index contributed by atoms with van der Waals surface area (Å²) in [6.45, 7) is 7.34. The second kappa shape index (κ2) is 13.5. The van der Waals surface area contributed by atoms with Gasteiger partial charge in [-0.05, 0) is 0 Å². The zero-order valence-corrected chi connectivity index (χ0v) is 22.9. The number of carboxylic acids is 1. The van der Waals surface area contributed by atoms with E-state index in [9.17, 15) is 34.0 Å². The van der Waals surface area contributed by atoms with E-state index in [0.29, 0.717) is 0 Å². The van der Waals surface area contributed by atoms with Gasteiger partial charge in [0.1, 0.15) is 0 Å². The van der Waals surface area contributed by atoms with Crippen LogP contribution in [0.5, 0.6) is 0 Å². The molecule has 208 valence electrons. The molecule has 16 heteroatoms. The summed E-state index contributed by atoms with van der Waals surface area (Å²) in [4.78, 5) is 69.7. The van der Waals surface area contributed by atoms with Gasteiger partial charge in [0.05, 0.1) is 0 Å². The molecule has 2 amide bonds. The average Bonchev–Trinajstić information content (AvgIpc) is 2.77. The summed E-state index contributed by atoms with van der Waals surface area (Å²) >= 11 is 0.761. The molecule has 14 nitrogen and oxygen atoms in total. The number of ether oxygens (including phenoxy) is 2. The molecule has 0 spiro atoms. The van der Waals surface area contributed by atoms with E-state index in [2.05, 4.69) is 15.4 Å². The van der Waals surface area contributed by atoms with Crippen molar-refractivity contribution >= 4 is 49.0 Å². The fraction of sp³-hybridized carbons (Fsp3) is 0.750. The van der Waals surface area contributed by atoms with Gasteiger partial charge < -0.3 is 0 Å². The minimum atomic E-state index is -4.42. The Labute approximate surface area is 213 Å². The molecule has 1 saturated heterocycles. The number of carbonyl (C=O) groups is 5. The Bertz CT molecular complexity index is 834. The Hall–Kier alpha value is -2.03. The van der Waals surface area contributed by atoms with Crippen LogP contribution in [0.2, 0.25) is 0 Å². The van der Waals surface area contributed by atoms with Crippen molar-refractivity contribution in [1.29, 1.82) is 0 Å². The number of thioether (sulfide) groups is 1. The van der Waals surface area contributed by atoms with Crippen molar-refractivity contribution in [3.05, 3.63) is 0 Å². The number of carbonyl (C=O) groups excluding carboxylic acids is 4. The first-order valence-electron chi connectivity index (χ1n) is 10.9. The minimum absolute atomic E-state index is 0.0171. The number of alkyl carbamates (subject to hydrolysis) is 1. The normalized spacial score (nSPS) is 20.4. The van der Waals surface area contributed by atoms with E-state index in [1.165, 1.54) is 7.11 Å². The predicted molar refractivity (Wildman–Crippen MR) is 129 cm³/mol. The zero-order valence-electron chi connectivity index (χ0n) is 21.1. The molecule has 1 rings (SSSR count). The molecule has 1 aliphatic heterocycles. The summed E-state index contributed by atoms with van der Waals surface area (Å²) in [6, 6.07) is -1.42. The van der Waals surface area contributed by atoms with Crippen LogP contribution < -0.4 is 10.6 Å². The number of carboxylic acid groups (broad SMARTS) is 1. The summed E-state index contributed by atoms with van der Waals surface area (Å²) in [6.07, 6.45) is -2.45. The SMILES string of the molecule is COC(=O)CCNC(=O)[C@@H]1O[PH](O)(OCOC(=O)N[C@@H](CSC(=O)C(C)(C)C)C(=O)O)OCC1(C)C. The molecule has 1 fully saturated rings. The number of aliphatic carboxylic acids is 1. The van der Waals surface area contributed by atoms with Gasteiger partial charge in [-0.25, -0.2) is 0 Å². The number of amides is 2. The first-order chi connectivity index (χ1) is 16.5. The van der Waals surface area contributed by atoms with Gasteiger partial charge in [0.2, 0.25) is 0 Å². The van der Waals surface area contributed by atoms with Crippen LogP contribution in [-0.2, 0) is 42.2 Å². The molecular formula is C20H35N2O12PS. The molecule has 0 aromatic carbocycles. The van der Waals surface area contributed by atoms with E-state index < -0.39 is 61.9 Å². The third-order valence-electron chi connectivity index (χ3n) is 4.71. The van der Waals surface area contributed by atoms with Crippen molar-refractivity contribution in [2.75, 3.05) is 32.8 Å². The molecule has 1 aliphatic rings. The maximum absolute atomic E-state index is 12.5. The van der Waals surface area contributed by atoms with E-state index in [4.69, 9.17) is 18.3 Å². The van der Waals surface area contributed by atoms with Crippen molar-refractivity contribution in [1.82, 2.24) is 10.6 Å². The van der Waals surface area contributed by atoms with Crippen molar-refractivity contribution in [2.45, 2.75) is 53.2 Å². The average molecular weight is 559 g/mol. The van der Waals surface area contributed by atoms with E-state index in [0.717, 1.165) is 11.8 Å². The number of esters is 1. The van der Waals surface area contributed by atoms with Gasteiger partial charge in [0.25, 0.3) is 0 Å². The van der Waals surface area contributed by atoms with Crippen LogP contribution in [0.4, 0.5) is 4.79 Å². The van der Waals surface area contributed by atoms with Crippen LogP contribution in [-0.4, -0.2) is 84.0 Å². The molecule has 0 unspecified atom stereocenters. The Morgan fingerprint density at radius 2 is 1.86 bits per heavy atom. The van der Waals surface area contributed by atoms with Gasteiger partial charge in [0, 0.05) is 0 Å². The molecular weight excluding hydrogens is 523 g/mol. The number of hydrogen-bond donors (Lipinski definition) is 4. The number of nitrogens with one attached hydrogen (secondary N) is 2. The van der Waals surface area contributed by atoms with Gasteiger partial charge in [-0.2, -0.15) is 0 Å². The Morgan fingerprint density at radius 1 is 1.22 bits per heavy atom. The second-order valence-corrected chi connectivity index (χ2v) is 12.3. The fourth-order valence-electron chi connectivity index (χ4n) is 2.55. The molecule has 36 heavy (non-hydrogen) atoms. The van der Waals surface area contributed by atoms with Crippen molar-refractivity contribution in [3.63, 3.8) is 0 Å². The number of hydrogen-bond acceptors (Lipinski definition) is 12. The molecule has 0 saturated carbocycles. The van der Waals surface area contributed by atoms with Crippen molar-refractivity contribution in [2.24, 2.45) is 10.8 Å². The molecule has 0 aromatic rings. The molecule has 0 radical (unpaired) electrons.